The first-order valence-corrected chi connectivity index (χ1v) is 13.4. The zero-order valence-corrected chi connectivity index (χ0v) is 22.9. The van der Waals surface area contributed by atoms with E-state index in [1.54, 1.807) is 23.2 Å². The molecule has 1 atom stereocenters. The highest BCUT2D eigenvalue weighted by Crippen LogP contribution is 2.43. The van der Waals surface area contributed by atoms with E-state index in [1.807, 2.05) is 26.2 Å². The van der Waals surface area contributed by atoms with Crippen LogP contribution < -0.4 is 0 Å². The molecule has 0 saturated carbocycles. The second-order valence-electron chi connectivity index (χ2n) is 10.9. The number of aliphatic hydroxyl groups is 1. The van der Waals surface area contributed by atoms with Crippen molar-refractivity contribution in [2.75, 3.05) is 13.2 Å². The Kier molecular flexibility index (Phi) is 6.25. The quantitative estimate of drug-likeness (QED) is 0.332. The van der Waals surface area contributed by atoms with E-state index in [2.05, 4.69) is 50.3 Å². The molecule has 4 aromatic heterocycles. The van der Waals surface area contributed by atoms with Crippen LogP contribution in [0.15, 0.2) is 42.6 Å². The molecule has 6 rings (SSSR count). The van der Waals surface area contributed by atoms with Crippen LogP contribution in [0.3, 0.4) is 0 Å². The topological polar surface area (TPSA) is 95.8 Å². The summed E-state index contributed by atoms with van der Waals surface area (Å²) in [5.41, 5.74) is 6.33. The zero-order valence-electron chi connectivity index (χ0n) is 22.1. The number of pyridine rings is 1. The summed E-state index contributed by atoms with van der Waals surface area (Å²) in [5.74, 6) is 0.336. The summed E-state index contributed by atoms with van der Waals surface area (Å²) in [4.78, 5) is 4.98. The fourth-order valence-electron chi connectivity index (χ4n) is 5.88. The summed E-state index contributed by atoms with van der Waals surface area (Å²) in [6.45, 7) is 7.24. The van der Waals surface area contributed by atoms with E-state index in [4.69, 9.17) is 21.3 Å². The molecule has 0 radical (unpaired) electrons. The molecule has 1 aliphatic heterocycles. The maximum absolute atomic E-state index is 10.7. The van der Waals surface area contributed by atoms with Gasteiger partial charge in [0.2, 0.25) is 0 Å². The van der Waals surface area contributed by atoms with Gasteiger partial charge in [-0.3, -0.25) is 9.67 Å². The van der Waals surface area contributed by atoms with Crippen LogP contribution in [0.4, 0.5) is 0 Å². The normalized spacial score (nSPS) is 16.1. The minimum absolute atomic E-state index is 0.000181. The number of ether oxygens (including phenoxy) is 1. The first-order valence-electron chi connectivity index (χ1n) is 13.0. The van der Waals surface area contributed by atoms with E-state index in [1.165, 1.54) is 5.56 Å². The third-order valence-electron chi connectivity index (χ3n) is 7.42. The SMILES string of the molecule is Cc1nnn(C)c1-c1cnc2c3c(c(Cl)nn3CC(C)(C)O)n(C(c3ccccc3)C3CCOCC3)c2c1. The highest BCUT2D eigenvalue weighted by Gasteiger charge is 2.33. The zero-order chi connectivity index (χ0) is 26.6. The molecule has 1 fully saturated rings. The van der Waals surface area contributed by atoms with E-state index >= 15 is 0 Å². The molecule has 9 nitrogen and oxygen atoms in total. The Balaban J connectivity index is 1.69. The molecule has 1 saturated heterocycles. The van der Waals surface area contributed by atoms with Crippen molar-refractivity contribution in [2.45, 2.75) is 51.8 Å². The molecule has 0 spiro atoms. The fraction of sp³-hybridized carbons (Fsp3) is 0.429. The molecule has 10 heteroatoms. The number of aryl methyl sites for hydroxylation is 2. The number of fused-ring (bicyclic) bond motifs is 3. The monoisotopic (exact) mass is 533 g/mol. The van der Waals surface area contributed by atoms with Crippen LogP contribution in [0.25, 0.3) is 33.3 Å². The average Bonchev–Trinajstić information content (AvgIpc) is 3.51. The predicted octanol–water partition coefficient (Wildman–Crippen LogP) is 4.93. The van der Waals surface area contributed by atoms with Crippen molar-refractivity contribution in [1.29, 1.82) is 0 Å². The van der Waals surface area contributed by atoms with Gasteiger partial charge >= 0.3 is 0 Å². The van der Waals surface area contributed by atoms with E-state index in [9.17, 15) is 5.11 Å². The Morgan fingerprint density at radius 3 is 2.55 bits per heavy atom. The lowest BCUT2D eigenvalue weighted by Crippen LogP contribution is -2.27. The number of nitrogens with zero attached hydrogens (tertiary/aromatic N) is 7. The number of halogens is 1. The van der Waals surface area contributed by atoms with Gasteiger partial charge < -0.3 is 14.4 Å². The van der Waals surface area contributed by atoms with E-state index in [-0.39, 0.29) is 12.6 Å². The molecule has 198 valence electrons. The lowest BCUT2D eigenvalue weighted by atomic mass is 9.86. The van der Waals surface area contributed by atoms with E-state index in [0.29, 0.717) is 11.1 Å². The highest BCUT2D eigenvalue weighted by molar-refractivity contribution is 6.35. The molecular formula is C28H32ClN7O2. The molecular weight excluding hydrogens is 502 g/mol. The standard InChI is InChI=1S/C28H32ClN7O2/c1-17-23(34(4)33-31-17)20-14-21-22(30-15-20)25-26(27(29)32-35(25)16-28(2,3)37)36(21)24(18-8-6-5-7-9-18)19-10-12-38-13-11-19/h5-9,14-15,19,24,37H,10-13,16H2,1-4H3. The molecule has 1 aliphatic rings. The predicted molar refractivity (Wildman–Crippen MR) is 147 cm³/mol. The van der Waals surface area contributed by atoms with Crippen molar-refractivity contribution in [3.05, 3.63) is 59.0 Å². The number of rotatable bonds is 6. The van der Waals surface area contributed by atoms with Gasteiger partial charge in [0.15, 0.2) is 5.15 Å². The molecule has 0 aliphatic carbocycles. The van der Waals surface area contributed by atoms with Crippen molar-refractivity contribution in [1.82, 2.24) is 34.3 Å². The van der Waals surface area contributed by atoms with Gasteiger partial charge in [0, 0.05) is 32.0 Å². The number of hydrogen-bond donors (Lipinski definition) is 1. The van der Waals surface area contributed by atoms with Gasteiger partial charge in [0.05, 0.1) is 35.1 Å². The van der Waals surface area contributed by atoms with Crippen LogP contribution in [0, 0.1) is 12.8 Å². The lowest BCUT2D eigenvalue weighted by Gasteiger charge is -2.33. The van der Waals surface area contributed by atoms with Crippen LogP contribution in [-0.4, -0.2) is 58.2 Å². The first kappa shape index (κ1) is 25.0. The smallest absolute Gasteiger partial charge is 0.175 e. The van der Waals surface area contributed by atoms with Crippen molar-refractivity contribution in [3.63, 3.8) is 0 Å². The Hall–Kier alpha value is -3.27. The minimum atomic E-state index is -0.978. The van der Waals surface area contributed by atoms with Crippen LogP contribution in [-0.2, 0) is 18.3 Å². The molecule has 5 aromatic rings. The van der Waals surface area contributed by atoms with Crippen LogP contribution in [0.2, 0.25) is 5.15 Å². The second kappa shape index (κ2) is 9.48. The largest absolute Gasteiger partial charge is 0.389 e. The van der Waals surface area contributed by atoms with Gasteiger partial charge in [-0.05, 0) is 51.2 Å². The number of hydrogen-bond acceptors (Lipinski definition) is 6. The maximum atomic E-state index is 10.7. The van der Waals surface area contributed by atoms with Gasteiger partial charge in [-0.25, -0.2) is 4.68 Å². The molecule has 0 amide bonds. The summed E-state index contributed by atoms with van der Waals surface area (Å²) in [7, 11) is 1.89. The summed E-state index contributed by atoms with van der Waals surface area (Å²) in [6.07, 6.45) is 3.74. The molecule has 1 aromatic carbocycles. The van der Waals surface area contributed by atoms with E-state index in [0.717, 1.165) is 65.1 Å². The molecule has 1 N–H and O–H groups in total. The minimum Gasteiger partial charge on any atom is -0.389 e. The number of aromatic nitrogens is 7. The fourth-order valence-corrected chi connectivity index (χ4v) is 6.15. The van der Waals surface area contributed by atoms with Crippen molar-refractivity contribution in [2.24, 2.45) is 13.0 Å². The van der Waals surface area contributed by atoms with E-state index < -0.39 is 5.60 Å². The summed E-state index contributed by atoms with van der Waals surface area (Å²) < 4.78 is 11.6. The Labute approximate surface area is 226 Å². The molecule has 1 unspecified atom stereocenters. The Morgan fingerprint density at radius 2 is 1.89 bits per heavy atom. The van der Waals surface area contributed by atoms with Gasteiger partial charge in [0.25, 0.3) is 0 Å². The van der Waals surface area contributed by atoms with Gasteiger partial charge in [0.1, 0.15) is 16.6 Å². The van der Waals surface area contributed by atoms with Crippen LogP contribution in [0.1, 0.15) is 44.0 Å². The lowest BCUT2D eigenvalue weighted by molar-refractivity contribution is 0.0552. The third kappa shape index (κ3) is 4.28. The van der Waals surface area contributed by atoms with Gasteiger partial charge in [-0.15, -0.1) is 5.10 Å². The van der Waals surface area contributed by atoms with Crippen molar-refractivity contribution < 1.29 is 9.84 Å². The van der Waals surface area contributed by atoms with Crippen LogP contribution in [0.5, 0.6) is 0 Å². The van der Waals surface area contributed by atoms with Gasteiger partial charge in [-0.1, -0.05) is 47.1 Å². The first-order chi connectivity index (χ1) is 18.2. The molecule has 0 bridgehead atoms. The highest BCUT2D eigenvalue weighted by atomic mass is 35.5. The third-order valence-corrected chi connectivity index (χ3v) is 7.67. The second-order valence-corrected chi connectivity index (χ2v) is 11.2. The molecule has 5 heterocycles. The summed E-state index contributed by atoms with van der Waals surface area (Å²) in [6, 6.07) is 12.7. The maximum Gasteiger partial charge on any atom is 0.175 e. The molecule has 38 heavy (non-hydrogen) atoms. The van der Waals surface area contributed by atoms with Crippen molar-refractivity contribution >= 4 is 33.7 Å². The Morgan fingerprint density at radius 1 is 1.16 bits per heavy atom. The summed E-state index contributed by atoms with van der Waals surface area (Å²) in [5, 5.41) is 24.2. The van der Waals surface area contributed by atoms with Gasteiger partial charge in [-0.2, -0.15) is 5.10 Å². The Bertz CT molecular complexity index is 1590. The number of benzene rings is 1. The average molecular weight is 534 g/mol. The summed E-state index contributed by atoms with van der Waals surface area (Å²) >= 11 is 6.93. The van der Waals surface area contributed by atoms with Crippen LogP contribution >= 0.6 is 11.6 Å². The van der Waals surface area contributed by atoms with Crippen molar-refractivity contribution in [3.8, 4) is 11.3 Å².